The van der Waals surface area contributed by atoms with E-state index in [-0.39, 0.29) is 17.7 Å². The van der Waals surface area contributed by atoms with E-state index in [2.05, 4.69) is 6.92 Å². The number of rotatable bonds is 4. The number of hydrogen-bond acceptors (Lipinski definition) is 3. The monoisotopic (exact) mass is 236 g/mol. The van der Waals surface area contributed by atoms with Crippen molar-refractivity contribution in [2.45, 2.75) is 32.7 Å². The number of hydrogen-bond donors (Lipinski definition) is 2. The zero-order valence-electron chi connectivity index (χ0n) is 10.6. The number of carbonyl (C=O) groups excluding carboxylic acids is 1. The number of amides is 1. The minimum absolute atomic E-state index is 0.0547. The highest BCUT2D eigenvalue weighted by Gasteiger charge is 2.19. The van der Waals surface area contributed by atoms with Gasteiger partial charge in [0, 0.05) is 18.8 Å². The van der Waals surface area contributed by atoms with Crippen molar-refractivity contribution in [2.75, 3.05) is 12.8 Å². The van der Waals surface area contributed by atoms with Crippen molar-refractivity contribution in [2.24, 2.45) is 0 Å². The molecule has 1 atom stereocenters. The molecule has 3 N–H and O–H groups in total. The highest BCUT2D eigenvalue weighted by molar-refractivity contribution is 5.99. The molecule has 1 aromatic carbocycles. The maximum Gasteiger partial charge on any atom is 0.256 e. The molecule has 17 heavy (non-hydrogen) atoms. The van der Waals surface area contributed by atoms with E-state index in [1.54, 1.807) is 18.0 Å². The molecule has 1 amide bonds. The van der Waals surface area contributed by atoms with Crippen LogP contribution in [0.4, 0.5) is 5.69 Å². The average molecular weight is 236 g/mol. The minimum Gasteiger partial charge on any atom is -0.508 e. The Morgan fingerprint density at radius 2 is 2.18 bits per heavy atom. The standard InChI is InChI=1S/C13H20N2O2/c1-4-5-9(2)15(3)13(17)11-8-10(16)6-7-12(11)14/h6-9,16H,4-5,14H2,1-3H3. The van der Waals surface area contributed by atoms with Crippen LogP contribution in [0, 0.1) is 0 Å². The van der Waals surface area contributed by atoms with Gasteiger partial charge in [-0.3, -0.25) is 4.79 Å². The Hall–Kier alpha value is -1.71. The molecule has 0 aromatic heterocycles. The van der Waals surface area contributed by atoms with Crippen molar-refractivity contribution in [1.82, 2.24) is 4.90 Å². The van der Waals surface area contributed by atoms with Gasteiger partial charge in [0.05, 0.1) is 5.56 Å². The van der Waals surface area contributed by atoms with E-state index in [0.717, 1.165) is 12.8 Å². The number of aromatic hydroxyl groups is 1. The minimum atomic E-state index is -0.153. The summed E-state index contributed by atoms with van der Waals surface area (Å²) in [6.45, 7) is 4.08. The van der Waals surface area contributed by atoms with Crippen LogP contribution in [0.3, 0.4) is 0 Å². The zero-order valence-corrected chi connectivity index (χ0v) is 10.6. The summed E-state index contributed by atoms with van der Waals surface area (Å²) in [5.41, 5.74) is 6.49. The van der Waals surface area contributed by atoms with Gasteiger partial charge in [-0.25, -0.2) is 0 Å². The molecule has 0 saturated heterocycles. The van der Waals surface area contributed by atoms with Crippen molar-refractivity contribution < 1.29 is 9.90 Å². The molecule has 1 unspecified atom stereocenters. The second kappa shape index (κ2) is 5.57. The Morgan fingerprint density at radius 1 is 1.53 bits per heavy atom. The topological polar surface area (TPSA) is 66.6 Å². The lowest BCUT2D eigenvalue weighted by Gasteiger charge is -2.25. The van der Waals surface area contributed by atoms with Crippen molar-refractivity contribution in [1.29, 1.82) is 0 Å². The van der Waals surface area contributed by atoms with Crippen LogP contribution in [-0.4, -0.2) is 29.0 Å². The number of nitrogens with two attached hydrogens (primary N) is 1. The van der Waals surface area contributed by atoms with Crippen LogP contribution in [0.25, 0.3) is 0 Å². The maximum atomic E-state index is 12.2. The molecule has 1 aromatic rings. The number of nitrogen functional groups attached to an aromatic ring is 1. The summed E-state index contributed by atoms with van der Waals surface area (Å²) in [6.07, 6.45) is 1.97. The summed E-state index contributed by atoms with van der Waals surface area (Å²) in [6, 6.07) is 4.59. The highest BCUT2D eigenvalue weighted by atomic mass is 16.3. The van der Waals surface area contributed by atoms with Gasteiger partial charge in [0.1, 0.15) is 5.75 Å². The van der Waals surface area contributed by atoms with E-state index in [0.29, 0.717) is 11.3 Å². The first-order chi connectivity index (χ1) is 7.97. The SMILES string of the molecule is CCCC(C)N(C)C(=O)c1cc(O)ccc1N. The molecule has 0 saturated carbocycles. The third-order valence-corrected chi connectivity index (χ3v) is 2.96. The van der Waals surface area contributed by atoms with Crippen molar-refractivity contribution in [3.05, 3.63) is 23.8 Å². The van der Waals surface area contributed by atoms with E-state index in [1.807, 2.05) is 6.92 Å². The third kappa shape index (κ3) is 3.12. The first-order valence-corrected chi connectivity index (χ1v) is 5.83. The summed E-state index contributed by atoms with van der Waals surface area (Å²) in [5.74, 6) is -0.0987. The smallest absolute Gasteiger partial charge is 0.256 e. The van der Waals surface area contributed by atoms with Gasteiger partial charge in [-0.05, 0) is 31.5 Å². The number of phenolic OH excluding ortho intramolecular Hbond substituents is 1. The van der Waals surface area contributed by atoms with E-state index >= 15 is 0 Å². The number of nitrogens with zero attached hydrogens (tertiary/aromatic N) is 1. The molecule has 0 fully saturated rings. The largest absolute Gasteiger partial charge is 0.508 e. The number of phenols is 1. The number of benzene rings is 1. The van der Waals surface area contributed by atoms with Crippen molar-refractivity contribution in [3.63, 3.8) is 0 Å². The Morgan fingerprint density at radius 3 is 2.76 bits per heavy atom. The Bertz CT molecular complexity index is 404. The second-order valence-corrected chi connectivity index (χ2v) is 4.33. The molecule has 0 radical (unpaired) electrons. The molecule has 0 spiro atoms. The molecule has 0 aliphatic carbocycles. The second-order valence-electron chi connectivity index (χ2n) is 4.33. The highest BCUT2D eigenvalue weighted by Crippen LogP contribution is 2.21. The van der Waals surface area contributed by atoms with Gasteiger partial charge in [0.25, 0.3) is 5.91 Å². The fourth-order valence-corrected chi connectivity index (χ4v) is 1.73. The Kier molecular flexibility index (Phi) is 4.37. The molecule has 0 bridgehead atoms. The fraction of sp³-hybridized carbons (Fsp3) is 0.462. The van der Waals surface area contributed by atoms with E-state index in [4.69, 9.17) is 5.73 Å². The quantitative estimate of drug-likeness (QED) is 0.622. The summed E-state index contributed by atoms with van der Waals surface area (Å²) in [5, 5.41) is 9.38. The lowest BCUT2D eigenvalue weighted by Crippen LogP contribution is -2.35. The van der Waals surface area contributed by atoms with Crippen LogP contribution in [0.5, 0.6) is 5.75 Å². The molecular formula is C13H20N2O2. The predicted molar refractivity (Wildman–Crippen MR) is 69.0 cm³/mol. The van der Waals surface area contributed by atoms with Gasteiger partial charge in [-0.2, -0.15) is 0 Å². The number of carbonyl (C=O) groups is 1. The normalized spacial score (nSPS) is 12.2. The van der Waals surface area contributed by atoms with Gasteiger partial charge >= 0.3 is 0 Å². The van der Waals surface area contributed by atoms with Gasteiger partial charge in [0.2, 0.25) is 0 Å². The molecule has 4 nitrogen and oxygen atoms in total. The summed E-state index contributed by atoms with van der Waals surface area (Å²) >= 11 is 0. The van der Waals surface area contributed by atoms with Crippen molar-refractivity contribution >= 4 is 11.6 Å². The summed E-state index contributed by atoms with van der Waals surface area (Å²) < 4.78 is 0. The Balaban J connectivity index is 2.92. The van der Waals surface area contributed by atoms with E-state index in [1.165, 1.54) is 12.1 Å². The van der Waals surface area contributed by atoms with Crippen LogP contribution in [-0.2, 0) is 0 Å². The number of anilines is 1. The molecule has 94 valence electrons. The first-order valence-electron chi connectivity index (χ1n) is 5.83. The molecule has 0 aliphatic heterocycles. The van der Waals surface area contributed by atoms with Crippen LogP contribution < -0.4 is 5.73 Å². The van der Waals surface area contributed by atoms with E-state index < -0.39 is 0 Å². The maximum absolute atomic E-state index is 12.2. The average Bonchev–Trinajstić information content (AvgIpc) is 2.30. The van der Waals surface area contributed by atoms with Crippen LogP contribution >= 0.6 is 0 Å². The lowest BCUT2D eigenvalue weighted by molar-refractivity contribution is 0.0737. The van der Waals surface area contributed by atoms with E-state index in [9.17, 15) is 9.90 Å². The Labute approximate surface area is 102 Å². The molecule has 4 heteroatoms. The molecule has 0 aliphatic rings. The van der Waals surface area contributed by atoms with Crippen LogP contribution in [0.1, 0.15) is 37.0 Å². The lowest BCUT2D eigenvalue weighted by atomic mass is 10.1. The summed E-state index contributed by atoms with van der Waals surface area (Å²) in [4.78, 5) is 13.8. The van der Waals surface area contributed by atoms with Gasteiger partial charge < -0.3 is 15.7 Å². The van der Waals surface area contributed by atoms with Gasteiger partial charge in [0.15, 0.2) is 0 Å². The zero-order chi connectivity index (χ0) is 13.0. The van der Waals surface area contributed by atoms with Gasteiger partial charge in [-0.1, -0.05) is 13.3 Å². The molecular weight excluding hydrogens is 216 g/mol. The predicted octanol–water partition coefficient (Wildman–Crippen LogP) is 2.23. The third-order valence-electron chi connectivity index (χ3n) is 2.96. The van der Waals surface area contributed by atoms with Crippen LogP contribution in [0.2, 0.25) is 0 Å². The first kappa shape index (κ1) is 13.4. The van der Waals surface area contributed by atoms with Crippen LogP contribution in [0.15, 0.2) is 18.2 Å². The fourth-order valence-electron chi connectivity index (χ4n) is 1.73. The molecule has 0 heterocycles. The molecule has 1 rings (SSSR count). The summed E-state index contributed by atoms with van der Waals surface area (Å²) in [7, 11) is 1.76. The van der Waals surface area contributed by atoms with Crippen molar-refractivity contribution in [3.8, 4) is 5.75 Å². The van der Waals surface area contributed by atoms with Gasteiger partial charge in [-0.15, -0.1) is 0 Å².